The summed E-state index contributed by atoms with van der Waals surface area (Å²) < 4.78 is 33.5. The number of piperazine rings is 1. The molecule has 1 aliphatic rings. The number of ether oxygens (including phenoxy) is 1. The van der Waals surface area contributed by atoms with Crippen molar-refractivity contribution in [3.8, 4) is 5.75 Å². The summed E-state index contributed by atoms with van der Waals surface area (Å²) in [5, 5.41) is 0. The maximum absolute atomic E-state index is 13.4. The predicted molar refractivity (Wildman–Crippen MR) is 113 cm³/mol. The highest BCUT2D eigenvalue weighted by Crippen LogP contribution is 2.29. The second-order valence-electron chi connectivity index (χ2n) is 7.49. The van der Waals surface area contributed by atoms with Gasteiger partial charge in [-0.3, -0.25) is 4.79 Å². The number of hydrogen-bond acceptors (Lipinski definition) is 4. The topological polar surface area (TPSA) is 66.9 Å². The zero-order valence-electron chi connectivity index (χ0n) is 17.7. The van der Waals surface area contributed by atoms with Gasteiger partial charge in [0.05, 0.1) is 17.6 Å². The maximum Gasteiger partial charge on any atom is 0.257 e. The number of benzene rings is 2. The average Bonchev–Trinajstić information content (AvgIpc) is 2.72. The molecule has 1 aliphatic heterocycles. The van der Waals surface area contributed by atoms with E-state index in [0.29, 0.717) is 29.3 Å². The minimum Gasteiger partial charge on any atom is -0.496 e. The average molecular weight is 417 g/mol. The van der Waals surface area contributed by atoms with Crippen molar-refractivity contribution in [3.63, 3.8) is 0 Å². The van der Waals surface area contributed by atoms with Crippen molar-refractivity contribution >= 4 is 15.9 Å². The smallest absolute Gasteiger partial charge is 0.257 e. The number of rotatable bonds is 4. The Morgan fingerprint density at radius 3 is 2.03 bits per heavy atom. The first kappa shape index (κ1) is 21.3. The summed E-state index contributed by atoms with van der Waals surface area (Å²) >= 11 is 0. The molecule has 7 heteroatoms. The fraction of sp³-hybridized carbons (Fsp3) is 0.409. The molecule has 1 amide bonds. The van der Waals surface area contributed by atoms with Crippen LogP contribution in [-0.2, 0) is 10.0 Å². The molecule has 0 spiro atoms. The molecule has 0 unspecified atom stereocenters. The van der Waals surface area contributed by atoms with Crippen LogP contribution >= 0.6 is 0 Å². The number of sulfonamides is 1. The summed E-state index contributed by atoms with van der Waals surface area (Å²) in [6.45, 7) is 8.82. The number of carbonyl (C=O) groups is 1. The number of carbonyl (C=O) groups excluding carboxylic acids is 1. The van der Waals surface area contributed by atoms with Gasteiger partial charge in [0.15, 0.2) is 0 Å². The van der Waals surface area contributed by atoms with Gasteiger partial charge in [-0.05, 0) is 62.1 Å². The van der Waals surface area contributed by atoms with E-state index in [4.69, 9.17) is 4.74 Å². The Hall–Kier alpha value is -2.38. The Kier molecular flexibility index (Phi) is 6.00. The van der Waals surface area contributed by atoms with Crippen LogP contribution < -0.4 is 4.74 Å². The highest BCUT2D eigenvalue weighted by Gasteiger charge is 2.33. The number of aryl methyl sites for hydroxylation is 2. The Morgan fingerprint density at radius 1 is 0.931 bits per heavy atom. The summed E-state index contributed by atoms with van der Waals surface area (Å²) in [4.78, 5) is 15.0. The van der Waals surface area contributed by atoms with E-state index in [1.54, 1.807) is 23.1 Å². The maximum atomic E-state index is 13.4. The highest BCUT2D eigenvalue weighted by atomic mass is 32.2. The van der Waals surface area contributed by atoms with Crippen molar-refractivity contribution in [1.82, 2.24) is 9.21 Å². The molecule has 0 aliphatic carbocycles. The molecule has 3 rings (SSSR count). The number of amides is 1. The molecule has 2 aromatic rings. The third-order valence-electron chi connectivity index (χ3n) is 5.76. The predicted octanol–water partition coefficient (Wildman–Crippen LogP) is 3.08. The van der Waals surface area contributed by atoms with Crippen LogP contribution in [0.15, 0.2) is 35.2 Å². The molecule has 0 aromatic heterocycles. The van der Waals surface area contributed by atoms with Crippen LogP contribution in [0.1, 0.15) is 32.6 Å². The van der Waals surface area contributed by atoms with Crippen molar-refractivity contribution in [2.24, 2.45) is 0 Å². The first-order valence-electron chi connectivity index (χ1n) is 9.68. The van der Waals surface area contributed by atoms with Gasteiger partial charge in [0, 0.05) is 26.2 Å². The van der Waals surface area contributed by atoms with Crippen LogP contribution in [-0.4, -0.2) is 56.8 Å². The first-order valence-corrected chi connectivity index (χ1v) is 11.1. The molecule has 0 N–H and O–H groups in total. The Morgan fingerprint density at radius 2 is 1.48 bits per heavy atom. The molecule has 156 valence electrons. The molecule has 6 nitrogen and oxygen atoms in total. The van der Waals surface area contributed by atoms with E-state index in [2.05, 4.69) is 0 Å². The monoisotopic (exact) mass is 416 g/mol. The minimum absolute atomic E-state index is 0.141. The first-order chi connectivity index (χ1) is 13.7. The summed E-state index contributed by atoms with van der Waals surface area (Å²) in [5.74, 6) is 0.382. The summed E-state index contributed by atoms with van der Waals surface area (Å²) in [7, 11) is -2.09. The van der Waals surface area contributed by atoms with Gasteiger partial charge >= 0.3 is 0 Å². The standard InChI is InChI=1S/C22H28N2O4S/c1-15-14-16(2)18(4)21(17(15)3)29(26,27)24-12-10-23(11-13-24)22(25)19-8-6-7-9-20(19)28-5/h6-9,14H,10-13H2,1-5H3. The molecule has 29 heavy (non-hydrogen) atoms. The van der Waals surface area contributed by atoms with Crippen LogP contribution in [0.4, 0.5) is 0 Å². The number of nitrogens with zero attached hydrogens (tertiary/aromatic N) is 2. The minimum atomic E-state index is -3.62. The van der Waals surface area contributed by atoms with Gasteiger partial charge in [-0.15, -0.1) is 0 Å². The van der Waals surface area contributed by atoms with Gasteiger partial charge in [-0.1, -0.05) is 18.2 Å². The zero-order chi connectivity index (χ0) is 21.3. The van der Waals surface area contributed by atoms with Crippen molar-refractivity contribution in [2.45, 2.75) is 32.6 Å². The van der Waals surface area contributed by atoms with Crippen molar-refractivity contribution in [2.75, 3.05) is 33.3 Å². The highest BCUT2D eigenvalue weighted by molar-refractivity contribution is 7.89. The molecular formula is C22H28N2O4S. The number of para-hydroxylation sites is 1. The van der Waals surface area contributed by atoms with E-state index < -0.39 is 10.0 Å². The molecular weight excluding hydrogens is 388 g/mol. The normalized spacial score (nSPS) is 15.4. The van der Waals surface area contributed by atoms with Gasteiger partial charge in [0.2, 0.25) is 10.0 Å². The van der Waals surface area contributed by atoms with E-state index in [-0.39, 0.29) is 19.0 Å². The van der Waals surface area contributed by atoms with Crippen molar-refractivity contribution < 1.29 is 17.9 Å². The molecule has 2 aromatic carbocycles. The zero-order valence-corrected chi connectivity index (χ0v) is 18.5. The molecule has 0 bridgehead atoms. The van der Waals surface area contributed by atoms with Gasteiger partial charge in [0.1, 0.15) is 5.75 Å². The Labute approximate surface area is 173 Å². The lowest BCUT2D eigenvalue weighted by atomic mass is 10.0. The second kappa shape index (κ2) is 8.16. The molecule has 0 saturated carbocycles. The second-order valence-corrected chi connectivity index (χ2v) is 9.36. The molecule has 1 fully saturated rings. The van der Waals surface area contributed by atoms with Crippen molar-refractivity contribution in [3.05, 3.63) is 58.1 Å². The fourth-order valence-corrected chi connectivity index (χ4v) is 5.82. The summed E-state index contributed by atoms with van der Waals surface area (Å²) in [6, 6.07) is 9.11. The number of methoxy groups -OCH3 is 1. The Bertz CT molecular complexity index is 1010. The molecule has 0 atom stereocenters. The van der Waals surface area contributed by atoms with Crippen LogP contribution in [0.5, 0.6) is 5.75 Å². The van der Waals surface area contributed by atoms with Crippen LogP contribution in [0.25, 0.3) is 0 Å². The van der Waals surface area contributed by atoms with Crippen LogP contribution in [0.2, 0.25) is 0 Å². The largest absolute Gasteiger partial charge is 0.496 e. The lowest BCUT2D eigenvalue weighted by Gasteiger charge is -2.35. The van der Waals surface area contributed by atoms with E-state index in [9.17, 15) is 13.2 Å². The van der Waals surface area contributed by atoms with Crippen molar-refractivity contribution in [1.29, 1.82) is 0 Å². The molecule has 1 saturated heterocycles. The van der Waals surface area contributed by atoms with E-state index in [0.717, 1.165) is 22.3 Å². The van der Waals surface area contributed by atoms with E-state index in [1.165, 1.54) is 11.4 Å². The van der Waals surface area contributed by atoms with Gasteiger partial charge in [-0.25, -0.2) is 8.42 Å². The van der Waals surface area contributed by atoms with E-state index >= 15 is 0 Å². The third-order valence-corrected chi connectivity index (χ3v) is 7.93. The third kappa shape index (κ3) is 3.89. The fourth-order valence-electron chi connectivity index (χ4n) is 3.82. The lowest BCUT2D eigenvalue weighted by Crippen LogP contribution is -2.50. The van der Waals surface area contributed by atoms with E-state index in [1.807, 2.05) is 39.8 Å². The number of hydrogen-bond donors (Lipinski definition) is 0. The summed E-state index contributed by atoms with van der Waals surface area (Å²) in [6.07, 6.45) is 0. The molecule has 0 radical (unpaired) electrons. The van der Waals surface area contributed by atoms with Crippen LogP contribution in [0, 0.1) is 27.7 Å². The SMILES string of the molecule is COc1ccccc1C(=O)N1CCN(S(=O)(=O)c2c(C)c(C)cc(C)c2C)CC1. The van der Waals surface area contributed by atoms with Gasteiger partial charge < -0.3 is 9.64 Å². The quantitative estimate of drug-likeness (QED) is 0.768. The van der Waals surface area contributed by atoms with Gasteiger partial charge in [-0.2, -0.15) is 4.31 Å². The van der Waals surface area contributed by atoms with Gasteiger partial charge in [0.25, 0.3) is 5.91 Å². The Balaban J connectivity index is 1.81. The lowest BCUT2D eigenvalue weighted by molar-refractivity contribution is 0.0694. The summed E-state index contributed by atoms with van der Waals surface area (Å²) in [5.41, 5.74) is 4.02. The van der Waals surface area contributed by atoms with Crippen LogP contribution in [0.3, 0.4) is 0 Å². The molecule has 1 heterocycles.